The SMILES string of the molecule is FC(F)(F)c1cc([B-](c2cc(C(F)(F)F)cc(C(F)(F)F)c2)(c2cc(C(F)(F)F)cc(C(F)(F)F)c2)c2cc(C(F)(F)F)cc(C(F)(F)F)c2)cc(C(F)(F)F)c1.O=C(Oc1ccc2ccccc2c1)c1cncc[n+]1Cc1ccccc1. The second-order valence-corrected chi connectivity index (χ2v) is 18.2. The molecule has 4 nitrogen and oxygen atoms in total. The maximum atomic E-state index is 14.2. The lowest BCUT2D eigenvalue weighted by Crippen LogP contribution is -2.75. The topological polar surface area (TPSA) is 43.1 Å². The van der Waals surface area contributed by atoms with Crippen LogP contribution in [0, 0.1) is 0 Å². The maximum Gasteiger partial charge on any atom is 0.416 e. The summed E-state index contributed by atoms with van der Waals surface area (Å²) in [4.78, 5) is 16.8. The van der Waals surface area contributed by atoms with Crippen molar-refractivity contribution in [3.05, 3.63) is 220 Å². The van der Waals surface area contributed by atoms with E-state index < -0.39 is 201 Å². The van der Waals surface area contributed by atoms with Gasteiger partial charge >= 0.3 is 61.1 Å². The molecule has 8 rings (SSSR count). The summed E-state index contributed by atoms with van der Waals surface area (Å²) < 4.78 is 348. The van der Waals surface area contributed by atoms with E-state index in [2.05, 4.69) is 4.98 Å². The van der Waals surface area contributed by atoms with Crippen molar-refractivity contribution in [2.24, 2.45) is 0 Å². The minimum absolute atomic E-state index is 0.407. The molecule has 438 valence electrons. The van der Waals surface area contributed by atoms with Crippen LogP contribution < -0.4 is 31.2 Å². The Morgan fingerprint density at radius 3 is 1.02 bits per heavy atom. The van der Waals surface area contributed by atoms with E-state index in [0.717, 1.165) is 16.3 Å². The molecular weight excluding hydrogens is 1180 g/mol. The number of rotatable bonds is 8. The third-order valence-corrected chi connectivity index (χ3v) is 12.6. The van der Waals surface area contributed by atoms with E-state index in [-0.39, 0.29) is 0 Å². The number of hydrogen-bond donors (Lipinski definition) is 0. The van der Waals surface area contributed by atoms with Crippen molar-refractivity contribution < 1.29 is 119 Å². The second-order valence-electron chi connectivity index (χ2n) is 18.2. The van der Waals surface area contributed by atoms with Crippen LogP contribution in [0.1, 0.15) is 60.6 Å². The normalized spacial score (nSPS) is 13.2. The van der Waals surface area contributed by atoms with Gasteiger partial charge in [0, 0.05) is 5.56 Å². The first kappa shape index (κ1) is 62.3. The monoisotopic (exact) mass is 1200 g/mol. The number of esters is 1. The number of aromatic nitrogens is 2. The molecule has 0 amide bonds. The van der Waals surface area contributed by atoms with Crippen LogP contribution in [-0.4, -0.2) is 17.1 Å². The Morgan fingerprint density at radius 1 is 0.386 bits per heavy atom. The first-order chi connectivity index (χ1) is 38.1. The molecular formula is C54H29BF24N2O2. The summed E-state index contributed by atoms with van der Waals surface area (Å²) in [5.41, 5.74) is -28.7. The van der Waals surface area contributed by atoms with E-state index in [9.17, 15) is 110 Å². The number of alkyl halides is 24. The van der Waals surface area contributed by atoms with Crippen LogP contribution in [0.15, 0.2) is 164 Å². The predicted octanol–water partition coefficient (Wildman–Crippen LogP) is 15.0. The van der Waals surface area contributed by atoms with E-state index in [1.807, 2.05) is 71.3 Å². The van der Waals surface area contributed by atoms with Crippen LogP contribution in [0.3, 0.4) is 0 Å². The molecule has 0 N–H and O–H groups in total. The van der Waals surface area contributed by atoms with E-state index in [1.54, 1.807) is 18.5 Å². The van der Waals surface area contributed by atoms with Gasteiger partial charge in [-0.05, 0) is 47.2 Å². The van der Waals surface area contributed by atoms with Crippen LogP contribution in [0.25, 0.3) is 10.8 Å². The Hall–Kier alpha value is -8.27. The van der Waals surface area contributed by atoms with Gasteiger partial charge in [-0.3, -0.25) is 4.98 Å². The van der Waals surface area contributed by atoms with Gasteiger partial charge in [-0.15, -0.1) is 0 Å². The molecule has 0 aliphatic heterocycles. The summed E-state index contributed by atoms with van der Waals surface area (Å²) in [5, 5.41) is 2.13. The summed E-state index contributed by atoms with van der Waals surface area (Å²) >= 11 is 0. The number of carbonyl (C=O) groups excluding carboxylic acids is 1. The molecule has 7 aromatic carbocycles. The van der Waals surface area contributed by atoms with Crippen LogP contribution >= 0.6 is 0 Å². The number of nitrogens with zero attached hydrogens (tertiary/aromatic N) is 2. The summed E-state index contributed by atoms with van der Waals surface area (Å²) in [5.74, 6) is 0.0909. The summed E-state index contributed by atoms with van der Waals surface area (Å²) in [7, 11) is 0. The first-order valence-electron chi connectivity index (χ1n) is 23.0. The quantitative estimate of drug-likeness (QED) is 0.0501. The molecule has 0 atom stereocenters. The molecule has 83 heavy (non-hydrogen) atoms. The summed E-state index contributed by atoms with van der Waals surface area (Å²) in [6.45, 7) is 0.575. The zero-order valence-corrected chi connectivity index (χ0v) is 40.7. The Balaban J connectivity index is 0.000000313. The number of hydrogen-bond acceptors (Lipinski definition) is 3. The highest BCUT2D eigenvalue weighted by molar-refractivity contribution is 7.20. The van der Waals surface area contributed by atoms with Crippen molar-refractivity contribution >= 4 is 44.7 Å². The van der Waals surface area contributed by atoms with Crippen molar-refractivity contribution in [1.29, 1.82) is 0 Å². The van der Waals surface area contributed by atoms with Gasteiger partial charge in [0.2, 0.25) is 0 Å². The minimum Gasteiger partial charge on any atom is -0.418 e. The molecule has 1 heterocycles. The number of halogens is 24. The first-order valence-corrected chi connectivity index (χ1v) is 23.0. The lowest BCUT2D eigenvalue weighted by atomic mass is 9.12. The molecule has 29 heteroatoms. The number of ether oxygens (including phenoxy) is 1. The zero-order chi connectivity index (χ0) is 61.7. The zero-order valence-electron chi connectivity index (χ0n) is 40.7. The second kappa shape index (κ2) is 22.1. The molecule has 0 fully saturated rings. The van der Waals surface area contributed by atoms with Gasteiger partial charge in [0.25, 0.3) is 0 Å². The van der Waals surface area contributed by atoms with E-state index in [4.69, 9.17) is 4.74 Å². The molecule has 0 aliphatic carbocycles. The van der Waals surface area contributed by atoms with Crippen LogP contribution in [0.5, 0.6) is 5.75 Å². The molecule has 0 aliphatic rings. The molecule has 0 radical (unpaired) electrons. The molecule has 8 aromatic rings. The predicted molar refractivity (Wildman–Crippen MR) is 249 cm³/mol. The fourth-order valence-corrected chi connectivity index (χ4v) is 8.94. The van der Waals surface area contributed by atoms with Crippen molar-refractivity contribution in [2.45, 2.75) is 56.0 Å². The van der Waals surface area contributed by atoms with E-state index in [1.165, 1.54) is 6.20 Å². The third-order valence-electron chi connectivity index (χ3n) is 12.6. The molecule has 0 saturated carbocycles. The fourth-order valence-electron chi connectivity index (χ4n) is 8.94. The van der Waals surface area contributed by atoms with Gasteiger partial charge < -0.3 is 4.74 Å². The summed E-state index contributed by atoms with van der Waals surface area (Å²) in [6, 6.07) is 14.7. The Labute approximate surface area is 450 Å². The molecule has 0 bridgehead atoms. The van der Waals surface area contributed by atoms with Gasteiger partial charge in [0.05, 0.1) is 50.7 Å². The van der Waals surface area contributed by atoms with E-state index >= 15 is 0 Å². The van der Waals surface area contributed by atoms with Crippen molar-refractivity contribution in [3.8, 4) is 5.75 Å². The number of benzene rings is 7. The highest BCUT2D eigenvalue weighted by Gasteiger charge is 2.47. The van der Waals surface area contributed by atoms with Crippen molar-refractivity contribution in [2.75, 3.05) is 0 Å². The largest absolute Gasteiger partial charge is 0.418 e. The van der Waals surface area contributed by atoms with E-state index in [0.29, 0.717) is 18.0 Å². The Morgan fingerprint density at radius 2 is 0.699 bits per heavy atom. The summed E-state index contributed by atoms with van der Waals surface area (Å²) in [6.07, 6.45) is -49.8. The van der Waals surface area contributed by atoms with Gasteiger partial charge in [0.15, 0.2) is 12.7 Å². The van der Waals surface area contributed by atoms with Crippen molar-refractivity contribution in [1.82, 2.24) is 4.98 Å². The number of fused-ring (bicyclic) bond motifs is 1. The smallest absolute Gasteiger partial charge is 0.416 e. The fraction of sp³-hybridized carbons (Fsp3) is 0.167. The van der Waals surface area contributed by atoms with Gasteiger partial charge in [-0.25, -0.2) is 4.79 Å². The molecule has 1 aromatic heterocycles. The van der Waals surface area contributed by atoms with Crippen molar-refractivity contribution in [3.63, 3.8) is 0 Å². The molecule has 0 unspecified atom stereocenters. The maximum absolute atomic E-state index is 14.2. The lowest BCUT2D eigenvalue weighted by Gasteiger charge is -2.46. The van der Waals surface area contributed by atoms with Gasteiger partial charge in [-0.1, -0.05) is 109 Å². The van der Waals surface area contributed by atoms with Crippen LogP contribution in [0.4, 0.5) is 105 Å². The Bertz CT molecular complexity index is 3230. The Kier molecular flexibility index (Phi) is 16.6. The van der Waals surface area contributed by atoms with Crippen LogP contribution in [-0.2, 0) is 56.0 Å². The van der Waals surface area contributed by atoms with Gasteiger partial charge in [0.1, 0.15) is 18.1 Å². The number of carbonyl (C=O) groups is 1. The average molecular weight is 1200 g/mol. The standard InChI is InChI=1S/C32H12BF24.C22H17N2O2/c34-25(35,36)13-1-14(26(37,38)39)6-21(5-13)33(22-7-15(27(40,41)42)2-16(8-22)28(43,44)45,23-9-17(29(46,47)48)3-18(10-23)30(49,50)51)24-11-19(31(52,53)54)4-20(12-24)32(55,56)57;25-22(26-20-11-10-18-8-4-5-9-19(18)14-20)21-15-23-12-13-24(21)16-17-6-2-1-3-7-17/h1-12H;1-15H,16H2/q-1;+1. The third kappa shape index (κ3) is 14.3. The minimum atomic E-state index is -6.13. The highest BCUT2D eigenvalue weighted by Crippen LogP contribution is 2.41. The van der Waals surface area contributed by atoms with Gasteiger partial charge in [-0.2, -0.15) is 132 Å². The molecule has 0 spiro atoms. The molecule has 0 saturated heterocycles. The van der Waals surface area contributed by atoms with Crippen LogP contribution in [0.2, 0.25) is 0 Å². The lowest BCUT2D eigenvalue weighted by molar-refractivity contribution is -0.691. The highest BCUT2D eigenvalue weighted by atomic mass is 19.4. The average Bonchev–Trinajstić information content (AvgIpc) is 3.37.